The van der Waals surface area contributed by atoms with Crippen molar-refractivity contribution in [2.45, 2.75) is 59.0 Å². The number of nitrogens with one attached hydrogen (secondary N) is 1. The molecule has 1 fully saturated rings. The minimum Gasteiger partial charge on any atom is -0.313 e. The van der Waals surface area contributed by atoms with Crippen molar-refractivity contribution in [3.8, 4) is 0 Å². The summed E-state index contributed by atoms with van der Waals surface area (Å²) in [5.41, 5.74) is 2.63. The zero-order chi connectivity index (χ0) is 12.3. The van der Waals surface area contributed by atoms with Gasteiger partial charge in [0.1, 0.15) is 0 Å². The Kier molecular flexibility index (Phi) is 4.21. The second-order valence-electron chi connectivity index (χ2n) is 5.29. The van der Waals surface area contributed by atoms with Crippen LogP contribution in [-0.4, -0.2) is 22.4 Å². The van der Waals surface area contributed by atoms with Crippen molar-refractivity contribution < 1.29 is 0 Å². The molecule has 0 aliphatic carbocycles. The first-order valence-corrected chi connectivity index (χ1v) is 7.01. The largest absolute Gasteiger partial charge is 0.313 e. The summed E-state index contributed by atoms with van der Waals surface area (Å²) in [7, 11) is 0. The molecule has 2 unspecified atom stereocenters. The summed E-state index contributed by atoms with van der Waals surface area (Å²) in [6.45, 7) is 8.83. The minimum atomic E-state index is 0.651. The predicted octanol–water partition coefficient (Wildman–Crippen LogP) is 2.40. The maximum atomic E-state index is 4.62. The van der Waals surface area contributed by atoms with E-state index in [9.17, 15) is 0 Å². The van der Waals surface area contributed by atoms with Gasteiger partial charge in [-0.15, -0.1) is 0 Å². The van der Waals surface area contributed by atoms with Crippen LogP contribution in [0, 0.1) is 5.92 Å². The third-order valence-electron chi connectivity index (χ3n) is 3.79. The summed E-state index contributed by atoms with van der Waals surface area (Å²) in [6.07, 6.45) is 4.83. The molecule has 0 radical (unpaired) electrons. The molecule has 3 nitrogen and oxygen atoms in total. The van der Waals surface area contributed by atoms with E-state index < -0.39 is 0 Å². The van der Waals surface area contributed by atoms with Crippen molar-refractivity contribution in [2.24, 2.45) is 5.92 Å². The highest BCUT2D eigenvalue weighted by molar-refractivity contribution is 5.12. The normalized spacial score (nSPS) is 25.1. The van der Waals surface area contributed by atoms with Crippen LogP contribution in [0.2, 0.25) is 0 Å². The highest BCUT2D eigenvalue weighted by Crippen LogP contribution is 2.17. The molecule has 3 heteroatoms. The first kappa shape index (κ1) is 12.6. The molecule has 0 spiro atoms. The van der Waals surface area contributed by atoms with Gasteiger partial charge in [-0.25, -0.2) is 0 Å². The van der Waals surface area contributed by atoms with Crippen molar-refractivity contribution in [1.29, 1.82) is 0 Å². The van der Waals surface area contributed by atoms with Crippen LogP contribution < -0.4 is 5.32 Å². The lowest BCUT2D eigenvalue weighted by molar-refractivity contribution is 0.322. The molecule has 1 aliphatic rings. The molecule has 0 aromatic carbocycles. The Morgan fingerprint density at radius 1 is 1.41 bits per heavy atom. The zero-order valence-electron chi connectivity index (χ0n) is 11.4. The van der Waals surface area contributed by atoms with E-state index in [0.29, 0.717) is 6.04 Å². The van der Waals surface area contributed by atoms with Gasteiger partial charge >= 0.3 is 0 Å². The number of aromatic nitrogens is 2. The van der Waals surface area contributed by atoms with E-state index in [2.05, 4.69) is 41.9 Å². The molecule has 2 rings (SSSR count). The fourth-order valence-corrected chi connectivity index (χ4v) is 2.61. The van der Waals surface area contributed by atoms with E-state index >= 15 is 0 Å². The van der Waals surface area contributed by atoms with Gasteiger partial charge in [-0.05, 0) is 44.7 Å². The van der Waals surface area contributed by atoms with Crippen LogP contribution in [0.5, 0.6) is 0 Å². The highest BCUT2D eigenvalue weighted by Gasteiger charge is 2.19. The molecule has 1 saturated heterocycles. The van der Waals surface area contributed by atoms with Crippen molar-refractivity contribution in [1.82, 2.24) is 15.1 Å². The maximum absolute atomic E-state index is 4.62. The quantitative estimate of drug-likeness (QED) is 0.868. The first-order chi connectivity index (χ1) is 8.22. The smallest absolute Gasteiger partial charge is 0.0624 e. The Balaban J connectivity index is 1.99. The highest BCUT2D eigenvalue weighted by atomic mass is 15.3. The number of aryl methyl sites for hydroxylation is 2. The molecule has 1 aromatic heterocycles. The average Bonchev–Trinajstić information content (AvgIpc) is 2.74. The van der Waals surface area contributed by atoms with Crippen molar-refractivity contribution >= 4 is 0 Å². The molecule has 2 atom stereocenters. The van der Waals surface area contributed by atoms with Gasteiger partial charge in [-0.1, -0.05) is 13.8 Å². The molecule has 0 bridgehead atoms. The Morgan fingerprint density at radius 2 is 2.24 bits per heavy atom. The maximum Gasteiger partial charge on any atom is 0.0624 e. The monoisotopic (exact) mass is 235 g/mol. The van der Waals surface area contributed by atoms with Gasteiger partial charge < -0.3 is 5.32 Å². The van der Waals surface area contributed by atoms with E-state index in [1.54, 1.807) is 0 Å². The van der Waals surface area contributed by atoms with Gasteiger partial charge in [0.25, 0.3) is 0 Å². The second kappa shape index (κ2) is 5.67. The first-order valence-electron chi connectivity index (χ1n) is 7.01. The summed E-state index contributed by atoms with van der Waals surface area (Å²) in [6, 6.07) is 2.93. The van der Waals surface area contributed by atoms with Crippen molar-refractivity contribution in [3.63, 3.8) is 0 Å². The molecule has 0 saturated carbocycles. The number of hydrogen-bond donors (Lipinski definition) is 1. The Morgan fingerprint density at radius 3 is 2.82 bits per heavy atom. The molecule has 96 valence electrons. The van der Waals surface area contributed by atoms with E-state index in [1.165, 1.54) is 30.8 Å². The van der Waals surface area contributed by atoms with Crippen LogP contribution in [0.1, 0.15) is 45.0 Å². The fourth-order valence-electron chi connectivity index (χ4n) is 2.61. The number of nitrogens with zero attached hydrogens (tertiary/aromatic N) is 2. The molecule has 1 N–H and O–H groups in total. The van der Waals surface area contributed by atoms with E-state index in [4.69, 9.17) is 0 Å². The lowest BCUT2D eigenvalue weighted by Crippen LogP contribution is -2.39. The van der Waals surface area contributed by atoms with Gasteiger partial charge in [0.15, 0.2) is 0 Å². The van der Waals surface area contributed by atoms with Gasteiger partial charge in [0.05, 0.1) is 5.69 Å². The topological polar surface area (TPSA) is 29.9 Å². The van der Waals surface area contributed by atoms with Crippen molar-refractivity contribution in [3.05, 3.63) is 17.5 Å². The average molecular weight is 235 g/mol. The molecule has 2 heterocycles. The summed E-state index contributed by atoms with van der Waals surface area (Å²) >= 11 is 0. The summed E-state index contributed by atoms with van der Waals surface area (Å²) in [5.74, 6) is 0.841. The van der Waals surface area contributed by atoms with Crippen LogP contribution >= 0.6 is 0 Å². The summed E-state index contributed by atoms with van der Waals surface area (Å²) in [5, 5.41) is 8.27. The molecule has 1 aliphatic heterocycles. The summed E-state index contributed by atoms with van der Waals surface area (Å²) in [4.78, 5) is 0. The van der Waals surface area contributed by atoms with Crippen LogP contribution in [0.25, 0.3) is 0 Å². The Hall–Kier alpha value is -0.830. The zero-order valence-corrected chi connectivity index (χ0v) is 11.4. The predicted molar refractivity (Wildman–Crippen MR) is 71.2 cm³/mol. The van der Waals surface area contributed by atoms with Crippen LogP contribution in [0.4, 0.5) is 0 Å². The Labute approximate surface area is 105 Å². The van der Waals surface area contributed by atoms with E-state index in [1.807, 2.05) is 0 Å². The van der Waals surface area contributed by atoms with Crippen LogP contribution in [-0.2, 0) is 19.4 Å². The lowest BCUT2D eigenvalue weighted by atomic mass is 9.94. The molecule has 1 aromatic rings. The fraction of sp³-hybridized carbons (Fsp3) is 0.786. The number of hydrogen-bond acceptors (Lipinski definition) is 2. The molecule has 17 heavy (non-hydrogen) atoms. The standard InChI is InChI=1S/C14H25N3/c1-4-12-8-14(17(5-2)16-12)9-13-7-6-11(3)10-15-13/h8,11,13,15H,4-7,9-10H2,1-3H3. The molecular formula is C14H25N3. The van der Waals surface area contributed by atoms with Gasteiger partial charge in [-0.3, -0.25) is 4.68 Å². The SMILES string of the molecule is CCc1cc(CC2CCC(C)CN2)n(CC)n1. The Bertz CT molecular complexity index is 348. The van der Waals surface area contributed by atoms with Gasteiger partial charge in [0, 0.05) is 24.7 Å². The van der Waals surface area contributed by atoms with Crippen LogP contribution in [0.15, 0.2) is 6.07 Å². The van der Waals surface area contributed by atoms with E-state index in [0.717, 1.165) is 25.3 Å². The second-order valence-corrected chi connectivity index (χ2v) is 5.29. The number of rotatable bonds is 4. The molecule has 0 amide bonds. The third kappa shape index (κ3) is 3.09. The van der Waals surface area contributed by atoms with E-state index in [-0.39, 0.29) is 0 Å². The van der Waals surface area contributed by atoms with Gasteiger partial charge in [-0.2, -0.15) is 5.10 Å². The van der Waals surface area contributed by atoms with Crippen molar-refractivity contribution in [2.75, 3.05) is 6.54 Å². The minimum absolute atomic E-state index is 0.651. The molecular weight excluding hydrogens is 210 g/mol. The van der Waals surface area contributed by atoms with Crippen LogP contribution in [0.3, 0.4) is 0 Å². The third-order valence-corrected chi connectivity index (χ3v) is 3.79. The summed E-state index contributed by atoms with van der Waals surface area (Å²) < 4.78 is 2.17. The lowest BCUT2D eigenvalue weighted by Gasteiger charge is -2.27. The van der Waals surface area contributed by atoms with Gasteiger partial charge in [0.2, 0.25) is 0 Å². The number of piperidine rings is 1.